The van der Waals surface area contributed by atoms with E-state index in [9.17, 15) is 4.79 Å². The molecule has 29 heavy (non-hydrogen) atoms. The molecule has 6 heteroatoms. The molecule has 146 valence electrons. The average molecular weight is 386 g/mol. The van der Waals surface area contributed by atoms with E-state index in [0.29, 0.717) is 38.2 Å². The molecule has 3 rings (SSSR count). The van der Waals surface area contributed by atoms with Gasteiger partial charge in [-0.15, -0.1) is 0 Å². The summed E-state index contributed by atoms with van der Waals surface area (Å²) in [5, 5.41) is 17.8. The van der Waals surface area contributed by atoms with Crippen molar-refractivity contribution in [1.29, 1.82) is 10.5 Å². The number of rotatable bonds is 8. The van der Waals surface area contributed by atoms with E-state index in [1.165, 1.54) is 0 Å². The number of carbonyl (C=O) groups excluding carboxylic acids is 1. The summed E-state index contributed by atoms with van der Waals surface area (Å²) in [6.07, 6.45) is 1.27. The van der Waals surface area contributed by atoms with Crippen molar-refractivity contribution in [2.45, 2.75) is 32.2 Å². The number of aryl methyl sites for hydroxylation is 1. The first kappa shape index (κ1) is 20.1. The smallest absolute Gasteiger partial charge is 0.338 e. The van der Waals surface area contributed by atoms with Gasteiger partial charge < -0.3 is 9.64 Å². The van der Waals surface area contributed by atoms with Gasteiger partial charge in [-0.3, -0.25) is 0 Å². The Labute approximate surface area is 170 Å². The topological polar surface area (TPSA) is 89.5 Å². The molecule has 2 aromatic rings. The van der Waals surface area contributed by atoms with Crippen molar-refractivity contribution >= 4 is 17.6 Å². The van der Waals surface area contributed by atoms with Gasteiger partial charge in [0.2, 0.25) is 5.90 Å². The van der Waals surface area contributed by atoms with E-state index in [-0.39, 0.29) is 5.97 Å². The van der Waals surface area contributed by atoms with Gasteiger partial charge in [-0.1, -0.05) is 24.3 Å². The number of aliphatic imine (C=N–C) groups is 1. The van der Waals surface area contributed by atoms with Crippen molar-refractivity contribution in [3.8, 4) is 12.1 Å². The summed E-state index contributed by atoms with van der Waals surface area (Å²) in [7, 11) is 0. The summed E-state index contributed by atoms with van der Waals surface area (Å²) in [4.78, 5) is 18.8. The fourth-order valence-corrected chi connectivity index (χ4v) is 3.28. The van der Waals surface area contributed by atoms with Gasteiger partial charge in [0.05, 0.1) is 25.0 Å². The Morgan fingerprint density at radius 1 is 1.07 bits per heavy atom. The Balaban J connectivity index is 1.75. The number of carbonyl (C=O) groups is 1. The summed E-state index contributed by atoms with van der Waals surface area (Å²) in [5.41, 5.74) is 3.83. The molecule has 6 nitrogen and oxygen atoms in total. The molecule has 0 aromatic heterocycles. The zero-order valence-corrected chi connectivity index (χ0v) is 16.3. The summed E-state index contributed by atoms with van der Waals surface area (Å²) in [5.74, 6) is 0.0334. The third kappa shape index (κ3) is 5.00. The van der Waals surface area contributed by atoms with E-state index in [1.54, 1.807) is 0 Å². The molecule has 1 aliphatic rings. The Morgan fingerprint density at radius 2 is 1.76 bits per heavy atom. The zero-order valence-electron chi connectivity index (χ0n) is 16.3. The molecule has 0 N–H and O–H groups in total. The lowest BCUT2D eigenvalue weighted by molar-refractivity contribution is -0.134. The van der Waals surface area contributed by atoms with Crippen LogP contribution in [0.2, 0.25) is 0 Å². The molecular formula is C23H22N4O2. The second-order valence-electron chi connectivity index (χ2n) is 6.86. The van der Waals surface area contributed by atoms with Crippen LogP contribution in [0.5, 0.6) is 0 Å². The quantitative estimate of drug-likeness (QED) is 0.647. The number of nitriles is 2. The van der Waals surface area contributed by atoms with Crippen molar-refractivity contribution < 1.29 is 9.53 Å². The first-order chi connectivity index (χ1) is 14.1. The number of hydrogen-bond donors (Lipinski definition) is 0. The summed E-state index contributed by atoms with van der Waals surface area (Å²) < 4.78 is 5.36. The van der Waals surface area contributed by atoms with Crippen LogP contribution in [0, 0.1) is 29.6 Å². The number of cyclic esters (lactones) is 1. The minimum Gasteiger partial charge on any atom is -0.406 e. The highest BCUT2D eigenvalue weighted by Gasteiger charge is 2.30. The predicted molar refractivity (Wildman–Crippen MR) is 110 cm³/mol. The molecule has 1 aliphatic heterocycles. The first-order valence-corrected chi connectivity index (χ1v) is 9.55. The lowest BCUT2D eigenvalue weighted by Gasteiger charge is -2.24. The van der Waals surface area contributed by atoms with Crippen LogP contribution in [0.25, 0.3) is 0 Å². The van der Waals surface area contributed by atoms with E-state index in [0.717, 1.165) is 22.4 Å². The first-order valence-electron chi connectivity index (χ1n) is 9.55. The molecule has 0 saturated carbocycles. The molecule has 0 spiro atoms. The molecule has 0 radical (unpaired) electrons. The molecule has 0 fully saturated rings. The number of ether oxygens (including phenoxy) is 1. The van der Waals surface area contributed by atoms with Crippen molar-refractivity contribution in [1.82, 2.24) is 0 Å². The summed E-state index contributed by atoms with van der Waals surface area (Å²) in [6, 6.07) is 19.1. The number of esters is 1. The Hall–Kier alpha value is -3.64. The van der Waals surface area contributed by atoms with Gasteiger partial charge in [-0.2, -0.15) is 10.5 Å². The Morgan fingerprint density at radius 3 is 2.38 bits per heavy atom. The maximum atomic E-state index is 12.3. The van der Waals surface area contributed by atoms with Crippen LogP contribution in [0.1, 0.15) is 29.5 Å². The van der Waals surface area contributed by atoms with Gasteiger partial charge in [0.1, 0.15) is 0 Å². The molecule has 0 bridgehead atoms. The van der Waals surface area contributed by atoms with E-state index in [1.807, 2.05) is 60.4 Å². The van der Waals surface area contributed by atoms with Gasteiger partial charge in [0.25, 0.3) is 0 Å². The fourth-order valence-electron chi connectivity index (χ4n) is 3.28. The van der Waals surface area contributed by atoms with Crippen LogP contribution in [0.15, 0.2) is 53.5 Å². The van der Waals surface area contributed by atoms with Crippen LogP contribution in [-0.4, -0.2) is 31.0 Å². The molecule has 0 amide bonds. The highest BCUT2D eigenvalue weighted by Crippen LogP contribution is 2.23. The van der Waals surface area contributed by atoms with Gasteiger partial charge in [0, 0.05) is 30.8 Å². The summed E-state index contributed by atoms with van der Waals surface area (Å²) >= 11 is 0. The third-order valence-electron chi connectivity index (χ3n) is 4.85. The second-order valence-corrected chi connectivity index (χ2v) is 6.86. The highest BCUT2D eigenvalue weighted by molar-refractivity contribution is 6.06. The monoisotopic (exact) mass is 386 g/mol. The molecule has 0 unspecified atom stereocenters. The van der Waals surface area contributed by atoms with Gasteiger partial charge in [-0.25, -0.2) is 9.79 Å². The number of benzene rings is 2. The Bertz CT molecular complexity index is 968. The SMILES string of the molecule is Cc1cc(N(CCC#N)CCC#N)ccc1C[C@@H]1N=C(c2ccccc2)OC1=O. The second kappa shape index (κ2) is 9.52. The van der Waals surface area contributed by atoms with Crippen LogP contribution >= 0.6 is 0 Å². The maximum Gasteiger partial charge on any atom is 0.338 e. The third-order valence-corrected chi connectivity index (χ3v) is 4.85. The fraction of sp³-hybridized carbons (Fsp3) is 0.304. The normalized spacial score (nSPS) is 15.2. The van der Waals surface area contributed by atoms with Crippen molar-refractivity contribution in [3.63, 3.8) is 0 Å². The van der Waals surface area contributed by atoms with Crippen molar-refractivity contribution in [2.75, 3.05) is 18.0 Å². The van der Waals surface area contributed by atoms with Crippen molar-refractivity contribution in [2.24, 2.45) is 4.99 Å². The molecule has 0 saturated heterocycles. The minimum atomic E-state index is -0.553. The molecule has 0 aliphatic carbocycles. The molecule has 2 aromatic carbocycles. The van der Waals surface area contributed by atoms with Crippen LogP contribution in [0.4, 0.5) is 5.69 Å². The number of hydrogen-bond acceptors (Lipinski definition) is 6. The number of anilines is 1. The molecule has 1 heterocycles. The van der Waals surface area contributed by atoms with E-state index < -0.39 is 6.04 Å². The van der Waals surface area contributed by atoms with Crippen molar-refractivity contribution in [3.05, 3.63) is 65.2 Å². The summed E-state index contributed by atoms with van der Waals surface area (Å²) in [6.45, 7) is 3.15. The minimum absolute atomic E-state index is 0.336. The van der Waals surface area contributed by atoms with Gasteiger partial charge in [-0.05, 0) is 42.3 Å². The maximum absolute atomic E-state index is 12.3. The predicted octanol–water partition coefficient (Wildman–Crippen LogP) is 3.54. The average Bonchev–Trinajstić information content (AvgIpc) is 3.11. The largest absolute Gasteiger partial charge is 0.406 e. The molecule has 1 atom stereocenters. The molecular weight excluding hydrogens is 364 g/mol. The van der Waals surface area contributed by atoms with Gasteiger partial charge in [0.15, 0.2) is 6.04 Å². The van der Waals surface area contributed by atoms with Crippen LogP contribution < -0.4 is 4.90 Å². The zero-order chi connectivity index (χ0) is 20.6. The van der Waals surface area contributed by atoms with E-state index in [2.05, 4.69) is 17.1 Å². The lowest BCUT2D eigenvalue weighted by Crippen LogP contribution is -2.25. The van der Waals surface area contributed by atoms with E-state index in [4.69, 9.17) is 15.3 Å². The standard InChI is InChI=1S/C23H22N4O2/c1-17-15-20(27(13-5-11-24)14-6-12-25)10-9-19(17)16-21-23(28)29-22(26-21)18-7-3-2-4-8-18/h2-4,7-10,15,21H,5-6,13-14,16H2,1H3/t21-/m0/s1. The van der Waals surface area contributed by atoms with Crippen LogP contribution in [-0.2, 0) is 16.0 Å². The highest BCUT2D eigenvalue weighted by atomic mass is 16.6. The van der Waals surface area contributed by atoms with E-state index >= 15 is 0 Å². The van der Waals surface area contributed by atoms with Crippen LogP contribution in [0.3, 0.4) is 0 Å². The lowest BCUT2D eigenvalue weighted by atomic mass is 10.0. The number of nitrogens with zero attached hydrogens (tertiary/aromatic N) is 4. The Kier molecular flexibility index (Phi) is 6.60. The van der Waals surface area contributed by atoms with Gasteiger partial charge >= 0.3 is 5.97 Å².